The normalized spacial score (nSPS) is 14.1. The van der Waals surface area contributed by atoms with Gasteiger partial charge in [-0.2, -0.15) is 0 Å². The molecule has 1 aliphatic rings. The van der Waals surface area contributed by atoms with Crippen molar-refractivity contribution in [2.75, 3.05) is 37.8 Å². The lowest BCUT2D eigenvalue weighted by molar-refractivity contribution is -0.129. The molecule has 0 N–H and O–H groups in total. The van der Waals surface area contributed by atoms with E-state index in [4.69, 9.17) is 0 Å². The first-order chi connectivity index (χ1) is 17.2. The smallest absolute Gasteiger partial charge is 0.219 e. The Morgan fingerprint density at radius 2 is 1.69 bits per heavy atom. The molecule has 0 bridgehead atoms. The molecule has 36 heavy (non-hydrogen) atoms. The molecule has 0 aliphatic carbocycles. The number of hydrogen-bond acceptors (Lipinski definition) is 4. The van der Waals surface area contributed by atoms with Gasteiger partial charge in [0.2, 0.25) is 11.3 Å². The number of ketones is 1. The van der Waals surface area contributed by atoms with Crippen LogP contribution in [0.2, 0.25) is 0 Å². The lowest BCUT2D eigenvalue weighted by Crippen LogP contribution is -2.48. The molecule has 10 heteroatoms. The van der Waals surface area contributed by atoms with Gasteiger partial charge in [0, 0.05) is 39.3 Å². The van der Waals surface area contributed by atoms with E-state index in [2.05, 4.69) is 0 Å². The second-order valence-corrected chi connectivity index (χ2v) is 8.41. The van der Waals surface area contributed by atoms with Crippen LogP contribution >= 0.6 is 0 Å². The van der Waals surface area contributed by atoms with Gasteiger partial charge in [-0.3, -0.25) is 14.4 Å². The average molecular weight is 501 g/mol. The predicted molar refractivity (Wildman–Crippen MR) is 128 cm³/mol. The number of hydrogen-bond donors (Lipinski definition) is 0. The number of rotatable bonds is 6. The summed E-state index contributed by atoms with van der Waals surface area (Å²) in [5.74, 6) is -3.37. The van der Waals surface area contributed by atoms with Crippen LogP contribution in [0.3, 0.4) is 0 Å². The van der Waals surface area contributed by atoms with Gasteiger partial charge in [0.1, 0.15) is 24.0 Å². The minimum atomic E-state index is -1.03. The van der Waals surface area contributed by atoms with Crippen molar-refractivity contribution in [2.45, 2.75) is 13.5 Å². The van der Waals surface area contributed by atoms with E-state index in [1.165, 1.54) is 42.2 Å². The van der Waals surface area contributed by atoms with Crippen LogP contribution in [0.15, 0.2) is 47.4 Å². The monoisotopic (exact) mass is 501 g/mol. The van der Waals surface area contributed by atoms with Crippen molar-refractivity contribution in [3.05, 3.63) is 81.4 Å². The minimum Gasteiger partial charge on any atom is -0.363 e. The van der Waals surface area contributed by atoms with Gasteiger partial charge in [-0.25, -0.2) is 17.6 Å². The van der Waals surface area contributed by atoms with Gasteiger partial charge in [-0.1, -0.05) is 18.2 Å². The van der Waals surface area contributed by atoms with Crippen molar-refractivity contribution in [3.63, 3.8) is 0 Å². The maximum atomic E-state index is 15.7. The van der Waals surface area contributed by atoms with Crippen LogP contribution in [0.4, 0.5) is 23.2 Å². The molecule has 0 radical (unpaired) electrons. The molecule has 0 atom stereocenters. The van der Waals surface area contributed by atoms with E-state index >= 15 is 8.78 Å². The minimum absolute atomic E-state index is 0.142. The number of amides is 1. The summed E-state index contributed by atoms with van der Waals surface area (Å²) in [5.41, 5.74) is -1.44. The van der Waals surface area contributed by atoms with Crippen molar-refractivity contribution in [2.24, 2.45) is 0 Å². The number of carbonyl (C=O) groups excluding carboxylic acids is 2. The van der Waals surface area contributed by atoms with Gasteiger partial charge in [0.25, 0.3) is 0 Å². The third-order valence-corrected chi connectivity index (χ3v) is 6.16. The summed E-state index contributed by atoms with van der Waals surface area (Å²) in [4.78, 5) is 40.4. The number of nitrogens with zero attached hydrogens (tertiary/aromatic N) is 3. The van der Waals surface area contributed by atoms with Crippen LogP contribution in [0.1, 0.15) is 22.8 Å². The van der Waals surface area contributed by atoms with E-state index in [1.807, 2.05) is 0 Å². The Morgan fingerprint density at radius 3 is 2.31 bits per heavy atom. The lowest BCUT2D eigenvalue weighted by Gasteiger charge is -2.36. The van der Waals surface area contributed by atoms with Crippen molar-refractivity contribution in [1.82, 2.24) is 9.47 Å². The van der Waals surface area contributed by atoms with E-state index in [9.17, 15) is 23.2 Å². The number of anilines is 1. The van der Waals surface area contributed by atoms with Crippen molar-refractivity contribution in [3.8, 4) is 0 Å². The number of alkyl halides is 1. The fourth-order valence-corrected chi connectivity index (χ4v) is 4.29. The molecule has 1 aromatic heterocycles. The van der Waals surface area contributed by atoms with Crippen molar-refractivity contribution < 1.29 is 27.2 Å². The third-order valence-electron chi connectivity index (χ3n) is 6.16. The summed E-state index contributed by atoms with van der Waals surface area (Å²) in [6.45, 7) is 1.04. The highest BCUT2D eigenvalue weighted by Crippen LogP contribution is 2.31. The zero-order valence-electron chi connectivity index (χ0n) is 19.4. The highest BCUT2D eigenvalue weighted by Gasteiger charge is 2.27. The van der Waals surface area contributed by atoms with E-state index < -0.39 is 35.3 Å². The zero-order valence-corrected chi connectivity index (χ0v) is 19.4. The summed E-state index contributed by atoms with van der Waals surface area (Å²) in [6.07, 6.45) is 3.53. The molecule has 3 aromatic rings. The molecule has 188 valence electrons. The van der Waals surface area contributed by atoms with Crippen molar-refractivity contribution >= 4 is 34.4 Å². The molecule has 1 fully saturated rings. The summed E-state index contributed by atoms with van der Waals surface area (Å²) in [6, 6.07) is 6.14. The molecule has 1 saturated heterocycles. The Morgan fingerprint density at radius 1 is 1.03 bits per heavy atom. The largest absolute Gasteiger partial charge is 0.363 e. The Labute approximate surface area is 204 Å². The van der Waals surface area contributed by atoms with Crippen LogP contribution in [-0.4, -0.2) is 54.0 Å². The number of carbonyl (C=O) groups is 2. The second kappa shape index (κ2) is 10.3. The van der Waals surface area contributed by atoms with Gasteiger partial charge in [-0.15, -0.1) is 0 Å². The van der Waals surface area contributed by atoms with Gasteiger partial charge in [0.05, 0.1) is 23.0 Å². The number of fused-ring (bicyclic) bond motifs is 1. The number of aromatic nitrogens is 1. The molecule has 0 saturated carbocycles. The van der Waals surface area contributed by atoms with E-state index in [0.29, 0.717) is 5.56 Å². The van der Waals surface area contributed by atoms with Crippen LogP contribution in [0.25, 0.3) is 17.0 Å². The lowest BCUT2D eigenvalue weighted by atomic mass is 10.0. The van der Waals surface area contributed by atoms with Crippen LogP contribution in [0, 0.1) is 17.5 Å². The number of aryl methyl sites for hydroxylation is 1. The van der Waals surface area contributed by atoms with Crippen LogP contribution < -0.4 is 10.3 Å². The van der Waals surface area contributed by atoms with Gasteiger partial charge < -0.3 is 14.4 Å². The maximum absolute atomic E-state index is 15.7. The first-order valence-electron chi connectivity index (χ1n) is 11.3. The number of pyridine rings is 1. The van der Waals surface area contributed by atoms with Crippen LogP contribution in [0.5, 0.6) is 0 Å². The second-order valence-electron chi connectivity index (χ2n) is 8.41. The number of benzene rings is 2. The molecule has 6 nitrogen and oxygen atoms in total. The molecule has 0 spiro atoms. The number of allylic oxidation sites excluding steroid dienone is 1. The molecular weight excluding hydrogens is 478 g/mol. The fraction of sp³-hybridized carbons (Fsp3) is 0.269. The molecule has 0 unspecified atom stereocenters. The number of piperazine rings is 1. The quantitative estimate of drug-likeness (QED) is 0.292. The van der Waals surface area contributed by atoms with Gasteiger partial charge >= 0.3 is 0 Å². The zero-order chi connectivity index (χ0) is 26.0. The van der Waals surface area contributed by atoms with E-state index in [1.54, 1.807) is 4.90 Å². The average Bonchev–Trinajstić information content (AvgIpc) is 2.85. The molecule has 2 heterocycles. The first kappa shape index (κ1) is 25.2. The Bertz CT molecular complexity index is 1410. The third kappa shape index (κ3) is 4.89. The molecule has 4 rings (SSSR count). The van der Waals surface area contributed by atoms with Crippen molar-refractivity contribution in [1.29, 1.82) is 0 Å². The number of halogens is 4. The first-order valence-corrected chi connectivity index (χ1v) is 11.3. The maximum Gasteiger partial charge on any atom is 0.219 e. The van der Waals surface area contributed by atoms with Gasteiger partial charge in [-0.05, 0) is 29.8 Å². The van der Waals surface area contributed by atoms with E-state index in [0.717, 1.165) is 22.9 Å². The standard InChI is InChI=1S/C26H23F4N3O3/c1-16(34)31-10-12-32(13-11-31)25-21(29)14-19-24(23(25)30)33(9-8-27)15-20(26(19)36)22(35)7-4-17-2-5-18(28)6-3-17/h2-7,14-15H,8-13H2,1H3. The topological polar surface area (TPSA) is 62.6 Å². The highest BCUT2D eigenvalue weighted by atomic mass is 19.1. The molecule has 2 aromatic carbocycles. The summed E-state index contributed by atoms with van der Waals surface area (Å²) in [7, 11) is 0. The fourth-order valence-electron chi connectivity index (χ4n) is 4.29. The Hall–Kier alpha value is -3.95. The Kier molecular flexibility index (Phi) is 7.23. The SMILES string of the molecule is CC(=O)N1CCN(c2c(F)cc3c(=O)c(C(=O)C=Cc4ccc(F)cc4)cn(CCF)c3c2F)CC1. The molecular formula is C26H23F4N3O3. The highest BCUT2D eigenvalue weighted by molar-refractivity contribution is 6.08. The summed E-state index contributed by atoms with van der Waals surface area (Å²) < 4.78 is 58.4. The Balaban J connectivity index is 1.77. The van der Waals surface area contributed by atoms with Gasteiger partial charge in [0.15, 0.2) is 11.6 Å². The predicted octanol–water partition coefficient (Wildman–Crippen LogP) is 3.95. The molecule has 1 amide bonds. The van der Waals surface area contributed by atoms with E-state index in [-0.39, 0.29) is 60.8 Å². The molecule has 1 aliphatic heterocycles. The van der Waals surface area contributed by atoms with Crippen LogP contribution in [-0.2, 0) is 11.3 Å². The summed E-state index contributed by atoms with van der Waals surface area (Å²) in [5, 5.41) is -0.384. The summed E-state index contributed by atoms with van der Waals surface area (Å²) >= 11 is 0.